The second-order valence-corrected chi connectivity index (χ2v) is 7.32. The number of benzene rings is 2. The first-order chi connectivity index (χ1) is 13.0. The molecule has 0 atom stereocenters. The number of nitrogens with one attached hydrogen (secondary N) is 2. The predicted octanol–water partition coefficient (Wildman–Crippen LogP) is 4.14. The minimum Gasteiger partial charge on any atom is -0.372 e. The van der Waals surface area contributed by atoms with Gasteiger partial charge in [0.15, 0.2) is 0 Å². The van der Waals surface area contributed by atoms with Gasteiger partial charge < -0.3 is 15.4 Å². The summed E-state index contributed by atoms with van der Waals surface area (Å²) in [6, 6.07) is 10.9. The maximum absolute atomic E-state index is 12.6. The molecule has 0 saturated carbocycles. The first-order valence-corrected chi connectivity index (χ1v) is 9.44. The molecule has 7 heteroatoms. The Morgan fingerprint density at radius 2 is 1.93 bits per heavy atom. The summed E-state index contributed by atoms with van der Waals surface area (Å²) < 4.78 is 6.19. The first-order valence-electron chi connectivity index (χ1n) is 8.63. The van der Waals surface area contributed by atoms with Crippen molar-refractivity contribution in [3.8, 4) is 0 Å². The summed E-state index contributed by atoms with van der Waals surface area (Å²) in [5, 5.41) is 6.65. The van der Waals surface area contributed by atoms with Gasteiger partial charge in [0.05, 0.1) is 15.2 Å². The molecule has 1 heterocycles. The molecule has 0 radical (unpaired) electrons. The highest BCUT2D eigenvalue weighted by atomic mass is 32.1. The lowest BCUT2D eigenvalue weighted by atomic mass is 10.1. The van der Waals surface area contributed by atoms with Crippen LogP contribution < -0.4 is 10.6 Å². The van der Waals surface area contributed by atoms with Crippen LogP contribution in [0.15, 0.2) is 36.4 Å². The predicted molar refractivity (Wildman–Crippen MR) is 109 cm³/mol. The quantitative estimate of drug-likeness (QED) is 0.670. The highest BCUT2D eigenvalue weighted by Gasteiger charge is 2.11. The van der Waals surface area contributed by atoms with Gasteiger partial charge in [-0.2, -0.15) is 0 Å². The van der Waals surface area contributed by atoms with E-state index in [1.807, 2.05) is 39.0 Å². The molecular formula is C20H21N3O3S. The van der Waals surface area contributed by atoms with Crippen molar-refractivity contribution in [2.24, 2.45) is 0 Å². The van der Waals surface area contributed by atoms with Crippen molar-refractivity contribution in [3.63, 3.8) is 0 Å². The van der Waals surface area contributed by atoms with E-state index >= 15 is 0 Å². The Morgan fingerprint density at radius 1 is 1.11 bits per heavy atom. The van der Waals surface area contributed by atoms with Gasteiger partial charge in [-0.3, -0.25) is 9.59 Å². The molecule has 2 N–H and O–H groups in total. The molecule has 0 spiro atoms. The average Bonchev–Trinajstić information content (AvgIpc) is 3.01. The number of carbonyl (C=O) groups excluding carboxylic acids is 2. The van der Waals surface area contributed by atoms with Crippen LogP contribution in [0.5, 0.6) is 0 Å². The van der Waals surface area contributed by atoms with Gasteiger partial charge in [-0.05, 0) is 56.7 Å². The van der Waals surface area contributed by atoms with Crippen LogP contribution in [0.1, 0.15) is 27.9 Å². The Bertz CT molecular complexity index is 997. The zero-order chi connectivity index (χ0) is 19.4. The lowest BCUT2D eigenvalue weighted by Gasteiger charge is -2.11. The van der Waals surface area contributed by atoms with Crippen LogP contribution in [0, 0.1) is 13.8 Å². The Labute approximate surface area is 161 Å². The van der Waals surface area contributed by atoms with Gasteiger partial charge in [-0.1, -0.05) is 6.07 Å². The van der Waals surface area contributed by atoms with Gasteiger partial charge in [-0.15, -0.1) is 11.3 Å². The number of aromatic nitrogens is 1. The standard InChI is InChI=1S/C20H21N3O3S/c1-4-26-11-19(24)23-16-9-14(6-5-12(16)2)20(25)22-15-7-8-18-17(10-15)21-13(3)27-18/h5-10H,4,11H2,1-3H3,(H,22,25)(H,23,24). The summed E-state index contributed by atoms with van der Waals surface area (Å²) in [5.41, 5.74) is 3.47. The Morgan fingerprint density at radius 3 is 2.70 bits per heavy atom. The normalized spacial score (nSPS) is 10.8. The summed E-state index contributed by atoms with van der Waals surface area (Å²) in [7, 11) is 0. The Kier molecular flexibility index (Phi) is 5.83. The summed E-state index contributed by atoms with van der Waals surface area (Å²) >= 11 is 1.62. The van der Waals surface area contributed by atoms with Gasteiger partial charge in [0.1, 0.15) is 6.61 Å². The van der Waals surface area contributed by atoms with E-state index in [0.29, 0.717) is 23.5 Å². The van der Waals surface area contributed by atoms with Gasteiger partial charge in [0.25, 0.3) is 5.91 Å². The van der Waals surface area contributed by atoms with E-state index in [0.717, 1.165) is 20.8 Å². The number of ether oxygens (including phenoxy) is 1. The molecule has 1 aromatic heterocycles. The van der Waals surface area contributed by atoms with E-state index in [4.69, 9.17) is 4.74 Å². The largest absolute Gasteiger partial charge is 0.372 e. The molecule has 0 saturated heterocycles. The van der Waals surface area contributed by atoms with E-state index < -0.39 is 0 Å². The third-order valence-corrected chi connectivity index (χ3v) is 4.92. The number of carbonyl (C=O) groups is 2. The van der Waals surface area contributed by atoms with Crippen molar-refractivity contribution >= 4 is 44.7 Å². The van der Waals surface area contributed by atoms with Crippen molar-refractivity contribution in [3.05, 3.63) is 52.5 Å². The topological polar surface area (TPSA) is 80.3 Å². The maximum atomic E-state index is 12.6. The number of hydrogen-bond donors (Lipinski definition) is 2. The van der Waals surface area contributed by atoms with Gasteiger partial charge in [-0.25, -0.2) is 4.98 Å². The number of amides is 2. The summed E-state index contributed by atoms with van der Waals surface area (Å²) in [4.78, 5) is 28.9. The van der Waals surface area contributed by atoms with Crippen molar-refractivity contribution in [1.82, 2.24) is 4.98 Å². The van der Waals surface area contributed by atoms with Gasteiger partial charge in [0.2, 0.25) is 5.91 Å². The number of anilines is 2. The van der Waals surface area contributed by atoms with E-state index in [1.165, 1.54) is 0 Å². The SMILES string of the molecule is CCOCC(=O)Nc1cc(C(=O)Nc2ccc3sc(C)nc3c2)ccc1C. The van der Waals surface area contributed by atoms with Crippen molar-refractivity contribution in [2.75, 3.05) is 23.8 Å². The number of aryl methyl sites for hydroxylation is 2. The summed E-state index contributed by atoms with van der Waals surface area (Å²) in [6.07, 6.45) is 0. The molecular weight excluding hydrogens is 362 g/mol. The van der Waals surface area contributed by atoms with Gasteiger partial charge in [0, 0.05) is 23.5 Å². The average molecular weight is 383 g/mol. The van der Waals surface area contributed by atoms with E-state index in [-0.39, 0.29) is 18.4 Å². The van der Waals surface area contributed by atoms with Crippen molar-refractivity contribution < 1.29 is 14.3 Å². The Hall–Kier alpha value is -2.77. The fourth-order valence-electron chi connectivity index (χ4n) is 2.60. The lowest BCUT2D eigenvalue weighted by Crippen LogP contribution is -2.19. The van der Waals surface area contributed by atoms with Crippen LogP contribution in [0.25, 0.3) is 10.2 Å². The highest BCUT2D eigenvalue weighted by Crippen LogP contribution is 2.25. The third kappa shape index (κ3) is 4.69. The van der Waals surface area contributed by atoms with E-state index in [2.05, 4.69) is 15.6 Å². The smallest absolute Gasteiger partial charge is 0.255 e. The molecule has 27 heavy (non-hydrogen) atoms. The molecule has 0 aliphatic carbocycles. The third-order valence-electron chi connectivity index (χ3n) is 3.96. The molecule has 0 bridgehead atoms. The summed E-state index contributed by atoms with van der Waals surface area (Å²) in [6.45, 7) is 6.11. The van der Waals surface area contributed by atoms with E-state index in [9.17, 15) is 9.59 Å². The van der Waals surface area contributed by atoms with Crippen molar-refractivity contribution in [1.29, 1.82) is 0 Å². The van der Waals surface area contributed by atoms with Crippen LogP contribution in [-0.4, -0.2) is 30.0 Å². The number of nitrogens with zero attached hydrogens (tertiary/aromatic N) is 1. The Balaban J connectivity index is 1.75. The van der Waals surface area contributed by atoms with Crippen molar-refractivity contribution in [2.45, 2.75) is 20.8 Å². The number of hydrogen-bond acceptors (Lipinski definition) is 5. The number of fused-ring (bicyclic) bond motifs is 1. The summed E-state index contributed by atoms with van der Waals surface area (Å²) in [5.74, 6) is -0.497. The number of thiazole rings is 1. The molecule has 3 rings (SSSR count). The van der Waals surface area contributed by atoms with Crippen LogP contribution >= 0.6 is 11.3 Å². The van der Waals surface area contributed by atoms with Crippen LogP contribution in [0.2, 0.25) is 0 Å². The molecule has 0 aliphatic heterocycles. The lowest BCUT2D eigenvalue weighted by molar-refractivity contribution is -0.120. The maximum Gasteiger partial charge on any atom is 0.255 e. The van der Waals surface area contributed by atoms with E-state index in [1.54, 1.807) is 29.5 Å². The molecule has 3 aromatic rings. The first kappa shape index (κ1) is 19.0. The van der Waals surface area contributed by atoms with Crippen LogP contribution in [0.3, 0.4) is 0 Å². The second kappa shape index (κ2) is 8.28. The van der Waals surface area contributed by atoms with Crippen LogP contribution in [-0.2, 0) is 9.53 Å². The molecule has 2 amide bonds. The monoisotopic (exact) mass is 383 g/mol. The highest BCUT2D eigenvalue weighted by molar-refractivity contribution is 7.18. The molecule has 6 nitrogen and oxygen atoms in total. The molecule has 0 aliphatic rings. The van der Waals surface area contributed by atoms with Crippen LogP contribution in [0.4, 0.5) is 11.4 Å². The van der Waals surface area contributed by atoms with Gasteiger partial charge >= 0.3 is 0 Å². The fourth-order valence-corrected chi connectivity index (χ4v) is 3.41. The molecule has 0 fully saturated rings. The molecule has 0 unspecified atom stereocenters. The fraction of sp³-hybridized carbons (Fsp3) is 0.250. The zero-order valence-electron chi connectivity index (χ0n) is 15.5. The molecule has 2 aromatic carbocycles. The second-order valence-electron chi connectivity index (χ2n) is 6.08. The molecule has 140 valence electrons. The minimum atomic E-state index is -0.249. The minimum absolute atomic E-state index is 0.0144. The number of rotatable bonds is 6. The zero-order valence-corrected chi connectivity index (χ0v) is 16.3.